The highest BCUT2D eigenvalue weighted by Gasteiger charge is 2.38. The van der Waals surface area contributed by atoms with Crippen molar-refractivity contribution < 1.29 is 91.7 Å². The number of aliphatic carboxylic acids is 2. The molecule has 36 nitrogen and oxygen atoms in total. The minimum atomic E-state index is -1.96. The molecule has 1 aromatic heterocycles. The number of thioether (sulfide) groups is 1. The zero-order chi connectivity index (χ0) is 75.7. The summed E-state index contributed by atoms with van der Waals surface area (Å²) in [5.41, 5.74) is 34.2. The van der Waals surface area contributed by atoms with Crippen LogP contribution in [0.2, 0.25) is 0 Å². The van der Waals surface area contributed by atoms with E-state index in [1.807, 2.05) is 0 Å². The van der Waals surface area contributed by atoms with E-state index in [9.17, 15) is 91.7 Å². The van der Waals surface area contributed by atoms with Crippen molar-refractivity contribution in [1.82, 2.24) is 58.2 Å². The van der Waals surface area contributed by atoms with Crippen LogP contribution in [-0.4, -0.2) is 194 Å². The second-order valence-electron chi connectivity index (χ2n) is 25.4. The van der Waals surface area contributed by atoms with Crippen LogP contribution in [0.4, 0.5) is 0 Å². The van der Waals surface area contributed by atoms with Crippen LogP contribution in [0.5, 0.6) is 0 Å². The third-order valence-electron chi connectivity index (χ3n) is 15.3. The standard InChI is InChI=1S/C63H99N17O19S/c1-30(2)24-35(64)53(88)71-37(12-17-47(65)81)54(89)73-41(16-21-52(86)87)58(93)79-45(27-33-29-70-36-11-9-8-10-34(33)36)61(96)78-44(26-32(5)6)60(95)80-46(28-51(69)85)62(97)75-40(15-20-50(68)84)57(92)77-43(25-31(3)4)59(94)74-38(13-18-48(66)82)55(90)72-39(14-19-49(67)83)56(91)76-42(63(98)99)22-23-100-7/h8-11,29-32,35,37-46,70H,12-28,64H2,1-7H3,(H2,65,81)(H2,66,82)(H2,67,83)(H2,68,84)(H2,69,85)(H,71,88)(H,72,90)(H,73,89)(H,74,94)(H,75,97)(H,76,91)(H,77,92)(H,78,96)(H,79,93)(H,80,95)(H,86,87)(H,98,99)/t35-,37-,38-,39-,40-,41-,42-,43-,44-,45-,46-/m0/s1. The number of amides is 15. The largest absolute Gasteiger partial charge is 0.481 e. The van der Waals surface area contributed by atoms with Gasteiger partial charge in [0.05, 0.1) is 12.5 Å². The number of carboxylic acid groups (broad SMARTS) is 2. The van der Waals surface area contributed by atoms with Gasteiger partial charge in [0.1, 0.15) is 60.4 Å². The smallest absolute Gasteiger partial charge is 0.326 e. The fourth-order valence-corrected chi connectivity index (χ4v) is 10.6. The van der Waals surface area contributed by atoms with Crippen LogP contribution < -0.4 is 87.6 Å². The van der Waals surface area contributed by atoms with Gasteiger partial charge in [-0.15, -0.1) is 0 Å². The first-order chi connectivity index (χ1) is 46.8. The van der Waals surface area contributed by atoms with Crippen LogP contribution in [0.1, 0.15) is 143 Å². The predicted octanol–water partition coefficient (Wildman–Crippen LogP) is -4.34. The van der Waals surface area contributed by atoms with E-state index < -0.39 is 243 Å². The van der Waals surface area contributed by atoms with Crippen molar-refractivity contribution >= 4 is 123 Å². The summed E-state index contributed by atoms with van der Waals surface area (Å²) in [6.45, 7) is 10.2. The predicted molar refractivity (Wildman–Crippen MR) is 363 cm³/mol. The molecule has 0 unspecified atom stereocenters. The van der Waals surface area contributed by atoms with Gasteiger partial charge < -0.3 is 103 Å². The molecule has 1 heterocycles. The molecule has 0 fully saturated rings. The number of nitrogens with one attached hydrogen (secondary N) is 11. The second kappa shape index (κ2) is 43.5. The van der Waals surface area contributed by atoms with Crippen molar-refractivity contribution in [3.8, 4) is 0 Å². The maximum absolute atomic E-state index is 14.8. The van der Waals surface area contributed by atoms with Gasteiger partial charge in [-0.2, -0.15) is 11.8 Å². The van der Waals surface area contributed by atoms with Gasteiger partial charge in [0.2, 0.25) is 88.6 Å². The average Bonchev–Trinajstić information content (AvgIpc) is 1.62. The summed E-state index contributed by atoms with van der Waals surface area (Å²) in [6.07, 6.45) is -3.44. The van der Waals surface area contributed by atoms with Gasteiger partial charge >= 0.3 is 11.9 Å². The number of hydrogen-bond donors (Lipinski definition) is 19. The van der Waals surface area contributed by atoms with E-state index in [1.54, 1.807) is 78.3 Å². The highest BCUT2D eigenvalue weighted by Crippen LogP contribution is 2.21. The van der Waals surface area contributed by atoms with Crippen molar-refractivity contribution in [2.45, 2.75) is 211 Å². The summed E-state index contributed by atoms with van der Waals surface area (Å²) in [6, 6.07) is -10.9. The van der Waals surface area contributed by atoms with Gasteiger partial charge in [-0.3, -0.25) is 76.7 Å². The quantitative estimate of drug-likeness (QED) is 0.0298. The number of carbonyl (C=O) groups is 17. The lowest BCUT2D eigenvalue weighted by Crippen LogP contribution is -2.61. The van der Waals surface area contributed by atoms with E-state index >= 15 is 0 Å². The van der Waals surface area contributed by atoms with E-state index in [4.69, 9.17) is 34.4 Å². The monoisotopic (exact) mass is 1430 g/mol. The number of primary amides is 5. The Morgan fingerprint density at radius 1 is 0.400 bits per heavy atom. The summed E-state index contributed by atoms with van der Waals surface area (Å²) >= 11 is 1.29. The number of benzene rings is 1. The maximum atomic E-state index is 14.8. The third-order valence-corrected chi connectivity index (χ3v) is 15.9. The van der Waals surface area contributed by atoms with Gasteiger partial charge in [-0.25, -0.2) is 4.79 Å². The van der Waals surface area contributed by atoms with Gasteiger partial charge in [0.25, 0.3) is 0 Å². The Kier molecular flexibility index (Phi) is 37.4. The number of nitrogens with two attached hydrogens (primary N) is 6. The van der Waals surface area contributed by atoms with E-state index in [2.05, 4.69) is 58.2 Å². The Morgan fingerprint density at radius 3 is 1.08 bits per heavy atom. The van der Waals surface area contributed by atoms with Crippen molar-refractivity contribution in [2.24, 2.45) is 52.2 Å². The molecule has 2 rings (SSSR count). The fraction of sp³-hybridized carbons (Fsp3) is 0.603. The molecule has 556 valence electrons. The summed E-state index contributed by atoms with van der Waals surface area (Å²) in [5, 5.41) is 44.3. The minimum Gasteiger partial charge on any atom is -0.481 e. The van der Waals surface area contributed by atoms with Crippen LogP contribution >= 0.6 is 11.8 Å². The van der Waals surface area contributed by atoms with Crippen LogP contribution in [-0.2, 0) is 87.9 Å². The Balaban J connectivity index is 2.62. The summed E-state index contributed by atoms with van der Waals surface area (Å²) in [4.78, 5) is 229. The molecule has 15 amide bonds. The van der Waals surface area contributed by atoms with Crippen LogP contribution in [0.15, 0.2) is 30.5 Å². The van der Waals surface area contributed by atoms with Crippen molar-refractivity contribution in [3.63, 3.8) is 0 Å². The van der Waals surface area contributed by atoms with E-state index in [1.165, 1.54) is 11.8 Å². The molecular formula is C63H99N17O19S. The zero-order valence-corrected chi connectivity index (χ0v) is 58.0. The summed E-state index contributed by atoms with van der Waals surface area (Å²) < 4.78 is 0. The van der Waals surface area contributed by atoms with Crippen molar-refractivity contribution in [3.05, 3.63) is 36.0 Å². The first-order valence-electron chi connectivity index (χ1n) is 32.5. The second-order valence-corrected chi connectivity index (χ2v) is 26.4. The van der Waals surface area contributed by atoms with E-state index in [0.29, 0.717) is 22.2 Å². The van der Waals surface area contributed by atoms with E-state index in [-0.39, 0.29) is 44.4 Å². The average molecular weight is 1430 g/mol. The molecule has 0 radical (unpaired) electrons. The molecule has 25 N–H and O–H groups in total. The first-order valence-corrected chi connectivity index (χ1v) is 33.9. The molecule has 2 aromatic rings. The third kappa shape index (κ3) is 32.6. The molecule has 1 aromatic carbocycles. The van der Waals surface area contributed by atoms with Crippen LogP contribution in [0.25, 0.3) is 10.9 Å². The van der Waals surface area contributed by atoms with Crippen LogP contribution in [0, 0.1) is 17.8 Å². The number of aromatic nitrogens is 1. The van der Waals surface area contributed by atoms with Crippen molar-refractivity contribution in [2.75, 3.05) is 12.0 Å². The lowest BCUT2D eigenvalue weighted by molar-refractivity contribution is -0.142. The molecule has 0 saturated heterocycles. The lowest BCUT2D eigenvalue weighted by atomic mass is 9.99. The molecule has 0 bridgehead atoms. The Bertz CT molecular complexity index is 3240. The molecule has 0 spiro atoms. The number of aromatic amines is 1. The Hall–Kier alpha value is -9.94. The van der Waals surface area contributed by atoms with Gasteiger partial charge in [-0.05, 0) is 99.2 Å². The molecule has 0 saturated carbocycles. The Labute approximate surface area is 581 Å². The molecule has 37 heteroatoms. The molecule has 0 aliphatic heterocycles. The molecule has 100 heavy (non-hydrogen) atoms. The lowest BCUT2D eigenvalue weighted by Gasteiger charge is -2.29. The number of carbonyl (C=O) groups excluding carboxylic acids is 15. The highest BCUT2D eigenvalue weighted by atomic mass is 32.2. The number of carboxylic acids is 2. The minimum absolute atomic E-state index is 0.0271. The summed E-state index contributed by atoms with van der Waals surface area (Å²) in [7, 11) is 0. The molecule has 0 aliphatic carbocycles. The number of H-pyrrole nitrogens is 1. The van der Waals surface area contributed by atoms with Gasteiger partial charge in [0.15, 0.2) is 0 Å². The molecule has 11 atom stereocenters. The number of para-hydroxylation sites is 1. The van der Waals surface area contributed by atoms with Gasteiger partial charge in [-0.1, -0.05) is 59.7 Å². The number of fused-ring (bicyclic) bond motifs is 1. The van der Waals surface area contributed by atoms with Gasteiger partial charge in [0, 0.05) is 55.6 Å². The zero-order valence-electron chi connectivity index (χ0n) is 57.2. The molecular weight excluding hydrogens is 1330 g/mol. The topological polar surface area (TPSA) is 623 Å². The Morgan fingerprint density at radius 2 is 0.720 bits per heavy atom. The summed E-state index contributed by atoms with van der Waals surface area (Å²) in [5.74, 6) is -19.0. The molecule has 0 aliphatic rings. The normalized spacial score (nSPS) is 14.5. The maximum Gasteiger partial charge on any atom is 0.326 e. The number of hydrogen-bond acceptors (Lipinski definition) is 19. The fourth-order valence-electron chi connectivity index (χ4n) is 10.1. The first kappa shape index (κ1) is 86.1. The SMILES string of the molecule is CSCC[C@H](NC(=O)[C@H](CCC(N)=O)NC(=O)[C@H](CCC(N)=O)NC(=O)[C@H](CC(C)C)NC(=O)[C@H](CCC(N)=O)NC(=O)[C@H](CC(N)=O)NC(=O)[C@H](CC(C)C)NC(=O)[C@H](Cc1c[nH]c2ccccc12)NC(=O)[C@H](CCC(=O)O)NC(=O)[C@H](CCC(N)=O)NC(=O)[C@@H](N)CC(C)C)C(=O)O. The highest BCUT2D eigenvalue weighted by molar-refractivity contribution is 7.98. The van der Waals surface area contributed by atoms with E-state index in [0.717, 1.165) is 0 Å². The number of rotatable bonds is 49. The van der Waals surface area contributed by atoms with Crippen molar-refractivity contribution in [1.29, 1.82) is 0 Å². The van der Waals surface area contributed by atoms with Crippen LogP contribution in [0.3, 0.4) is 0 Å².